The van der Waals surface area contributed by atoms with Crippen LogP contribution in [0, 0.1) is 0 Å². The lowest BCUT2D eigenvalue weighted by Gasteiger charge is -2.23. The quantitative estimate of drug-likeness (QED) is 0.853. The Bertz CT molecular complexity index is 704. The van der Waals surface area contributed by atoms with Gasteiger partial charge < -0.3 is 14.2 Å². The molecule has 0 unspecified atom stereocenters. The molecule has 5 heteroatoms. The number of aromatic nitrogens is 3. The van der Waals surface area contributed by atoms with Gasteiger partial charge in [0.2, 0.25) is 0 Å². The van der Waals surface area contributed by atoms with Crippen LogP contribution >= 0.6 is 0 Å². The summed E-state index contributed by atoms with van der Waals surface area (Å²) in [5.41, 5.74) is 1.02. The molecule has 5 nitrogen and oxygen atoms in total. The average molecular weight is 314 g/mol. The van der Waals surface area contributed by atoms with Crippen LogP contribution in [-0.4, -0.2) is 40.8 Å². The van der Waals surface area contributed by atoms with Gasteiger partial charge in [-0.2, -0.15) is 0 Å². The van der Waals surface area contributed by atoms with E-state index in [4.69, 9.17) is 14.7 Å². The second-order valence-electron chi connectivity index (χ2n) is 7.79. The van der Waals surface area contributed by atoms with Crippen LogP contribution in [0.1, 0.15) is 51.9 Å². The van der Waals surface area contributed by atoms with Crippen LogP contribution in [0.2, 0.25) is 0 Å². The van der Waals surface area contributed by atoms with Gasteiger partial charge in [-0.15, -0.1) is 0 Å². The van der Waals surface area contributed by atoms with E-state index in [2.05, 4.69) is 42.5 Å². The van der Waals surface area contributed by atoms with Gasteiger partial charge in [-0.05, 0) is 25.3 Å². The Labute approximate surface area is 137 Å². The summed E-state index contributed by atoms with van der Waals surface area (Å²) in [5.74, 6) is 2.06. The van der Waals surface area contributed by atoms with E-state index < -0.39 is 0 Å². The lowest BCUT2D eigenvalue weighted by Crippen LogP contribution is -2.24. The lowest BCUT2D eigenvalue weighted by molar-refractivity contribution is 0.187. The molecule has 124 valence electrons. The van der Waals surface area contributed by atoms with Crippen LogP contribution < -0.4 is 4.90 Å². The third-order valence-electron chi connectivity index (χ3n) is 4.93. The monoisotopic (exact) mass is 314 g/mol. The first-order valence-corrected chi connectivity index (χ1v) is 8.76. The molecular formula is C18H26N4O. The molecule has 1 atom stereocenters. The molecule has 2 aliphatic heterocycles. The zero-order chi connectivity index (χ0) is 16.0. The predicted octanol–water partition coefficient (Wildman–Crippen LogP) is 3.29. The van der Waals surface area contributed by atoms with Gasteiger partial charge in [-0.25, -0.2) is 9.97 Å². The molecule has 0 N–H and O–H groups in total. The third kappa shape index (κ3) is 2.61. The van der Waals surface area contributed by atoms with Crippen LogP contribution in [0.3, 0.4) is 0 Å². The third-order valence-corrected chi connectivity index (χ3v) is 4.93. The molecule has 0 saturated carbocycles. The Hall–Kier alpha value is -1.62. The van der Waals surface area contributed by atoms with E-state index in [1.54, 1.807) is 0 Å². The topological polar surface area (TPSA) is 43.2 Å². The number of hydrogen-bond acceptors (Lipinski definition) is 4. The minimum Gasteiger partial charge on any atom is -0.379 e. The first-order valence-electron chi connectivity index (χ1n) is 8.76. The Morgan fingerprint density at radius 3 is 2.61 bits per heavy atom. The second-order valence-corrected chi connectivity index (χ2v) is 7.79. The first kappa shape index (κ1) is 14.9. The lowest BCUT2D eigenvalue weighted by atomic mass is 9.95. The van der Waals surface area contributed by atoms with E-state index in [-0.39, 0.29) is 5.41 Å². The summed E-state index contributed by atoms with van der Waals surface area (Å²) in [6.45, 7) is 10.4. The number of ether oxygens (including phenoxy) is 1. The summed E-state index contributed by atoms with van der Waals surface area (Å²) in [6, 6.07) is 2.59. The predicted molar refractivity (Wildman–Crippen MR) is 92.1 cm³/mol. The van der Waals surface area contributed by atoms with E-state index in [1.165, 1.54) is 18.2 Å². The summed E-state index contributed by atoms with van der Waals surface area (Å²) >= 11 is 0. The highest BCUT2D eigenvalue weighted by molar-refractivity contribution is 5.88. The van der Waals surface area contributed by atoms with Gasteiger partial charge in [0.15, 0.2) is 0 Å². The number of anilines is 1. The van der Waals surface area contributed by atoms with E-state index >= 15 is 0 Å². The highest BCUT2D eigenvalue weighted by Crippen LogP contribution is 2.33. The zero-order valence-electron chi connectivity index (χ0n) is 14.4. The molecular weight excluding hydrogens is 288 g/mol. The van der Waals surface area contributed by atoms with Gasteiger partial charge in [0.1, 0.15) is 17.3 Å². The van der Waals surface area contributed by atoms with Crippen LogP contribution in [0.15, 0.2) is 12.3 Å². The van der Waals surface area contributed by atoms with Crippen molar-refractivity contribution in [3.63, 3.8) is 0 Å². The molecule has 0 spiro atoms. The molecule has 2 aromatic rings. The van der Waals surface area contributed by atoms with Gasteiger partial charge >= 0.3 is 0 Å². The number of hydrogen-bond donors (Lipinski definition) is 0. The largest absolute Gasteiger partial charge is 0.379 e. The SMILES string of the molecule is CC(C)(C)c1nc(N2CCCC2)c2ccn([C@@H]3CCOC3)c2n1. The minimum atomic E-state index is -0.0516. The van der Waals surface area contributed by atoms with Gasteiger partial charge in [0.25, 0.3) is 0 Å². The van der Waals surface area contributed by atoms with Crippen molar-refractivity contribution in [3.8, 4) is 0 Å². The first-order chi connectivity index (χ1) is 11.0. The molecule has 0 radical (unpaired) electrons. The molecule has 4 heterocycles. The van der Waals surface area contributed by atoms with Gasteiger partial charge in [-0.3, -0.25) is 0 Å². The van der Waals surface area contributed by atoms with Crippen molar-refractivity contribution in [1.29, 1.82) is 0 Å². The maximum Gasteiger partial charge on any atom is 0.146 e. The van der Waals surface area contributed by atoms with E-state index in [9.17, 15) is 0 Å². The van der Waals surface area contributed by atoms with Crippen LogP contribution in [-0.2, 0) is 10.2 Å². The summed E-state index contributed by atoms with van der Waals surface area (Å²) in [5, 5.41) is 1.19. The summed E-state index contributed by atoms with van der Waals surface area (Å²) < 4.78 is 7.89. The van der Waals surface area contributed by atoms with Crippen molar-refractivity contribution in [1.82, 2.24) is 14.5 Å². The molecule has 2 aromatic heterocycles. The fraction of sp³-hybridized carbons (Fsp3) is 0.667. The van der Waals surface area contributed by atoms with Crippen LogP contribution in [0.25, 0.3) is 11.0 Å². The molecule has 2 aliphatic rings. The number of nitrogens with zero attached hydrogens (tertiary/aromatic N) is 4. The number of fused-ring (bicyclic) bond motifs is 1. The van der Waals surface area contributed by atoms with E-state index in [0.29, 0.717) is 6.04 Å². The second kappa shape index (κ2) is 5.48. The molecule has 23 heavy (non-hydrogen) atoms. The van der Waals surface area contributed by atoms with Crippen molar-refractivity contribution < 1.29 is 4.74 Å². The molecule has 2 saturated heterocycles. The average Bonchev–Trinajstić information content (AvgIpc) is 3.25. The van der Waals surface area contributed by atoms with Crippen LogP contribution in [0.4, 0.5) is 5.82 Å². The molecule has 0 bridgehead atoms. The molecule has 4 rings (SSSR count). The Morgan fingerprint density at radius 2 is 1.96 bits per heavy atom. The highest BCUT2D eigenvalue weighted by atomic mass is 16.5. The van der Waals surface area contributed by atoms with E-state index in [0.717, 1.165) is 50.0 Å². The van der Waals surface area contributed by atoms with Gasteiger partial charge in [0, 0.05) is 31.3 Å². The van der Waals surface area contributed by atoms with Gasteiger partial charge in [0.05, 0.1) is 18.0 Å². The van der Waals surface area contributed by atoms with Crippen LogP contribution in [0.5, 0.6) is 0 Å². The molecule has 0 aromatic carbocycles. The van der Waals surface area contributed by atoms with Crippen molar-refractivity contribution in [2.45, 2.75) is 51.5 Å². The van der Waals surface area contributed by atoms with Crippen molar-refractivity contribution in [2.24, 2.45) is 0 Å². The fourth-order valence-corrected chi connectivity index (χ4v) is 3.56. The summed E-state index contributed by atoms with van der Waals surface area (Å²) in [4.78, 5) is 12.3. The normalized spacial score (nSPS) is 22.4. The van der Waals surface area contributed by atoms with E-state index in [1.807, 2.05) is 0 Å². The smallest absolute Gasteiger partial charge is 0.146 e. The summed E-state index contributed by atoms with van der Waals surface area (Å²) in [7, 11) is 0. The van der Waals surface area contributed by atoms with Crippen molar-refractivity contribution >= 4 is 16.9 Å². The zero-order valence-corrected chi connectivity index (χ0v) is 14.4. The molecule has 2 fully saturated rings. The maximum absolute atomic E-state index is 5.58. The van der Waals surface area contributed by atoms with Crippen molar-refractivity contribution in [3.05, 3.63) is 18.1 Å². The Kier molecular flexibility index (Phi) is 3.56. The molecule has 0 aliphatic carbocycles. The van der Waals surface area contributed by atoms with Crippen molar-refractivity contribution in [2.75, 3.05) is 31.2 Å². The maximum atomic E-state index is 5.58. The van der Waals surface area contributed by atoms with Gasteiger partial charge in [-0.1, -0.05) is 20.8 Å². The Morgan fingerprint density at radius 1 is 1.17 bits per heavy atom. The standard InChI is InChI=1S/C18H26N4O/c1-18(2,3)17-19-15(21-8-4-5-9-21)14-6-10-22(16(14)20-17)13-7-11-23-12-13/h6,10,13H,4-5,7-9,11-12H2,1-3H3/t13-/m1/s1. The highest BCUT2D eigenvalue weighted by Gasteiger charge is 2.27. The minimum absolute atomic E-state index is 0.0516. The summed E-state index contributed by atoms with van der Waals surface area (Å²) in [6.07, 6.45) is 5.75. The molecule has 0 amide bonds. The fourth-order valence-electron chi connectivity index (χ4n) is 3.56. The number of rotatable bonds is 2. The Balaban J connectivity index is 1.89.